The number of hydrogen-bond acceptors (Lipinski definition) is 6. The lowest BCUT2D eigenvalue weighted by atomic mass is 9.92. The largest absolute Gasteiger partial charge is 0.389 e. The molecule has 1 saturated carbocycles. The topological polar surface area (TPSA) is 132 Å². The second-order valence-corrected chi connectivity index (χ2v) is 10.3. The molecule has 4 N–H and O–H groups in total. The van der Waals surface area contributed by atoms with Crippen LogP contribution in [0.15, 0.2) is 17.5 Å². The number of aromatic amines is 1. The van der Waals surface area contributed by atoms with Crippen molar-refractivity contribution in [2.24, 2.45) is 17.8 Å². The van der Waals surface area contributed by atoms with Gasteiger partial charge in [-0.1, -0.05) is 6.42 Å². The van der Waals surface area contributed by atoms with Gasteiger partial charge in [0, 0.05) is 24.4 Å². The zero-order valence-corrected chi connectivity index (χ0v) is 19.0. The monoisotopic (exact) mass is 472 g/mol. The van der Waals surface area contributed by atoms with Crippen molar-refractivity contribution in [1.29, 1.82) is 0 Å². The molecule has 33 heavy (non-hydrogen) atoms. The Balaban J connectivity index is 1.37. The van der Waals surface area contributed by atoms with Crippen LogP contribution >= 0.6 is 11.3 Å². The Labute approximate surface area is 194 Å². The fraction of sp³-hybridized carbons (Fsp3) is 0.565. The summed E-state index contributed by atoms with van der Waals surface area (Å²) in [5.74, 6) is -1.33. The molecule has 3 aliphatic rings. The number of aliphatic hydroxyl groups excluding tert-OH is 1. The molecule has 4 heterocycles. The van der Waals surface area contributed by atoms with E-state index in [9.17, 15) is 24.3 Å². The molecule has 3 amide bonds. The quantitative estimate of drug-likeness (QED) is 0.478. The number of hydrogen-bond donors (Lipinski definition) is 4. The van der Waals surface area contributed by atoms with Crippen LogP contribution < -0.4 is 10.6 Å². The van der Waals surface area contributed by atoms with E-state index in [0.29, 0.717) is 25.2 Å². The van der Waals surface area contributed by atoms with Crippen molar-refractivity contribution in [3.8, 4) is 0 Å². The maximum atomic E-state index is 13.5. The first-order valence-electron chi connectivity index (χ1n) is 11.5. The van der Waals surface area contributed by atoms with Crippen LogP contribution in [0, 0.1) is 17.8 Å². The summed E-state index contributed by atoms with van der Waals surface area (Å²) in [5, 5.41) is 17.9. The van der Waals surface area contributed by atoms with E-state index < -0.39 is 24.5 Å². The van der Waals surface area contributed by atoms with Crippen molar-refractivity contribution in [2.75, 3.05) is 19.7 Å². The molecule has 3 unspecified atom stereocenters. The molecule has 0 radical (unpaired) electrons. The molecular formula is C23H28N4O5S. The summed E-state index contributed by atoms with van der Waals surface area (Å²) >= 11 is 1.52. The summed E-state index contributed by atoms with van der Waals surface area (Å²) in [6.45, 7) is 0.343. The van der Waals surface area contributed by atoms with Crippen molar-refractivity contribution in [1.82, 2.24) is 20.5 Å². The number of amides is 3. The van der Waals surface area contributed by atoms with Gasteiger partial charge in [0.25, 0.3) is 5.91 Å². The third kappa shape index (κ3) is 4.06. The summed E-state index contributed by atoms with van der Waals surface area (Å²) in [6.07, 6.45) is 3.58. The zero-order valence-electron chi connectivity index (χ0n) is 18.2. The average Bonchev–Trinajstić information content (AvgIpc) is 3.58. The molecule has 2 saturated heterocycles. The fourth-order valence-electron chi connectivity index (χ4n) is 5.76. The molecule has 0 spiro atoms. The lowest BCUT2D eigenvalue weighted by molar-refractivity contribution is -0.133. The van der Waals surface area contributed by atoms with Crippen LogP contribution in [-0.4, -0.2) is 70.3 Å². The SMILES string of the molecule is O=C(N[C@@H](C[C@@H]1CCNC1=O)C(=O)CO)C1C2CCCC2CN1C(=O)c1cc2ccsc2[nH]1. The van der Waals surface area contributed by atoms with Crippen LogP contribution in [0.25, 0.3) is 10.2 Å². The predicted octanol–water partition coefficient (Wildman–Crippen LogP) is 1.04. The molecule has 2 aliphatic heterocycles. The summed E-state index contributed by atoms with van der Waals surface area (Å²) in [6, 6.07) is 2.14. The van der Waals surface area contributed by atoms with E-state index in [2.05, 4.69) is 15.6 Å². The zero-order chi connectivity index (χ0) is 23.1. The van der Waals surface area contributed by atoms with E-state index in [4.69, 9.17) is 0 Å². The van der Waals surface area contributed by atoms with Gasteiger partial charge in [-0.25, -0.2) is 0 Å². The number of nitrogens with zero attached hydrogens (tertiary/aromatic N) is 1. The molecule has 2 aromatic rings. The molecule has 3 fully saturated rings. The molecule has 5 atom stereocenters. The Kier molecular flexibility index (Phi) is 5.96. The minimum Gasteiger partial charge on any atom is -0.389 e. The van der Waals surface area contributed by atoms with Gasteiger partial charge in [-0.2, -0.15) is 0 Å². The van der Waals surface area contributed by atoms with Crippen LogP contribution in [0.3, 0.4) is 0 Å². The van der Waals surface area contributed by atoms with Gasteiger partial charge in [-0.3, -0.25) is 19.2 Å². The number of rotatable bonds is 7. The van der Waals surface area contributed by atoms with Gasteiger partial charge in [0.05, 0.1) is 6.04 Å². The van der Waals surface area contributed by atoms with Crippen molar-refractivity contribution in [3.63, 3.8) is 0 Å². The molecule has 9 nitrogen and oxygen atoms in total. The van der Waals surface area contributed by atoms with Gasteiger partial charge in [0.1, 0.15) is 23.2 Å². The standard InChI is InChI=1S/C23H28N4O5S/c28-11-18(29)16(8-12-4-6-24-20(12)30)25-21(31)19-15-3-1-2-14(15)10-27(19)23(32)17-9-13-5-7-33-22(13)26-17/h5,7,9,12,14-16,19,26,28H,1-4,6,8,10-11H2,(H,24,30)(H,25,31)/t12-,14?,15?,16-,19?/m0/s1. The van der Waals surface area contributed by atoms with Gasteiger partial charge in [-0.05, 0) is 55.0 Å². The van der Waals surface area contributed by atoms with Crippen LogP contribution in [0.1, 0.15) is 42.6 Å². The third-order valence-corrected chi connectivity index (χ3v) is 8.28. The molecule has 176 valence electrons. The molecule has 2 aromatic heterocycles. The maximum Gasteiger partial charge on any atom is 0.271 e. The number of H-pyrrole nitrogens is 1. The maximum absolute atomic E-state index is 13.5. The Morgan fingerprint density at radius 1 is 1.27 bits per heavy atom. The number of ketones is 1. The molecule has 0 bridgehead atoms. The summed E-state index contributed by atoms with van der Waals surface area (Å²) < 4.78 is 0. The first kappa shape index (κ1) is 22.1. The molecular weight excluding hydrogens is 444 g/mol. The van der Waals surface area contributed by atoms with Crippen molar-refractivity contribution < 1.29 is 24.3 Å². The van der Waals surface area contributed by atoms with Crippen molar-refractivity contribution in [2.45, 2.75) is 44.2 Å². The normalized spacial score (nSPS) is 27.5. The lowest BCUT2D eigenvalue weighted by Crippen LogP contribution is -2.53. The minimum absolute atomic E-state index is 0.0460. The van der Waals surface area contributed by atoms with Gasteiger partial charge in [0.2, 0.25) is 11.8 Å². The molecule has 0 aromatic carbocycles. The number of thiophene rings is 1. The molecule has 10 heteroatoms. The van der Waals surface area contributed by atoms with Crippen LogP contribution in [0.4, 0.5) is 0 Å². The highest BCUT2D eigenvalue weighted by Gasteiger charge is 2.50. The Bertz CT molecular complexity index is 1070. The third-order valence-electron chi connectivity index (χ3n) is 7.44. The van der Waals surface area contributed by atoms with Crippen LogP contribution in [0.2, 0.25) is 0 Å². The number of carbonyl (C=O) groups is 4. The molecule has 1 aliphatic carbocycles. The van der Waals surface area contributed by atoms with E-state index in [1.807, 2.05) is 17.5 Å². The fourth-order valence-corrected chi connectivity index (χ4v) is 6.54. The number of carbonyl (C=O) groups excluding carboxylic acids is 4. The Morgan fingerprint density at radius 2 is 2.12 bits per heavy atom. The summed E-state index contributed by atoms with van der Waals surface area (Å²) in [5.41, 5.74) is 0.459. The molecule has 5 rings (SSSR count). The summed E-state index contributed by atoms with van der Waals surface area (Å²) in [7, 11) is 0. The number of aliphatic hydroxyl groups is 1. The summed E-state index contributed by atoms with van der Waals surface area (Å²) in [4.78, 5) is 57.1. The first-order valence-corrected chi connectivity index (χ1v) is 12.4. The van der Waals surface area contributed by atoms with E-state index in [1.54, 1.807) is 4.90 Å². The van der Waals surface area contributed by atoms with Gasteiger partial charge in [-0.15, -0.1) is 11.3 Å². The van der Waals surface area contributed by atoms with Gasteiger partial charge in [0.15, 0.2) is 5.78 Å². The number of Topliss-reactive ketones (excluding diaryl/α,β-unsaturated/α-hetero) is 1. The van der Waals surface area contributed by atoms with E-state index in [-0.39, 0.29) is 41.9 Å². The predicted molar refractivity (Wildman–Crippen MR) is 122 cm³/mol. The number of nitrogens with one attached hydrogen (secondary N) is 3. The number of fused-ring (bicyclic) bond motifs is 2. The highest BCUT2D eigenvalue weighted by molar-refractivity contribution is 7.16. The Morgan fingerprint density at radius 3 is 2.85 bits per heavy atom. The second kappa shape index (κ2) is 8.90. The number of aromatic nitrogens is 1. The van der Waals surface area contributed by atoms with Gasteiger partial charge >= 0.3 is 0 Å². The highest BCUT2D eigenvalue weighted by atomic mass is 32.1. The highest BCUT2D eigenvalue weighted by Crippen LogP contribution is 2.43. The smallest absolute Gasteiger partial charge is 0.271 e. The van der Waals surface area contributed by atoms with E-state index >= 15 is 0 Å². The van der Waals surface area contributed by atoms with Gasteiger partial charge < -0.3 is 25.6 Å². The van der Waals surface area contributed by atoms with Crippen molar-refractivity contribution >= 4 is 45.1 Å². The first-order chi connectivity index (χ1) is 16.0. The minimum atomic E-state index is -0.954. The number of likely N-dealkylation sites (tertiary alicyclic amines) is 1. The van der Waals surface area contributed by atoms with Crippen LogP contribution in [-0.2, 0) is 14.4 Å². The van der Waals surface area contributed by atoms with Crippen molar-refractivity contribution in [3.05, 3.63) is 23.2 Å². The average molecular weight is 473 g/mol. The Hall–Kier alpha value is -2.72. The van der Waals surface area contributed by atoms with Crippen LogP contribution in [0.5, 0.6) is 0 Å². The lowest BCUT2D eigenvalue weighted by Gasteiger charge is -2.29. The van der Waals surface area contributed by atoms with E-state index in [1.165, 1.54) is 11.3 Å². The second-order valence-electron chi connectivity index (χ2n) is 9.34. The van der Waals surface area contributed by atoms with E-state index in [0.717, 1.165) is 29.5 Å².